The molecule has 6 heteroatoms. The van der Waals surface area contributed by atoms with Crippen LogP contribution in [0.3, 0.4) is 0 Å². The summed E-state index contributed by atoms with van der Waals surface area (Å²) in [4.78, 5) is 29.7. The van der Waals surface area contributed by atoms with Gasteiger partial charge < -0.3 is 20.4 Å². The van der Waals surface area contributed by atoms with Crippen molar-refractivity contribution in [1.29, 1.82) is 0 Å². The third-order valence-electron chi connectivity index (χ3n) is 5.03. The number of carbonyl (C=O) groups excluding carboxylic acids is 2. The number of rotatable bonds is 3. The van der Waals surface area contributed by atoms with Crippen molar-refractivity contribution in [3.8, 4) is 0 Å². The Morgan fingerprint density at radius 1 is 0.958 bits per heavy atom. The van der Waals surface area contributed by atoms with Crippen molar-refractivity contribution in [3.63, 3.8) is 0 Å². The highest BCUT2D eigenvalue weighted by Crippen LogP contribution is 2.19. The number of hydrogen-bond donors (Lipinski definition) is 1. The highest BCUT2D eigenvalue weighted by atomic mass is 16.2. The fourth-order valence-electron chi connectivity index (χ4n) is 3.54. The second kappa shape index (κ2) is 7.66. The summed E-state index contributed by atoms with van der Waals surface area (Å²) >= 11 is 0. The van der Waals surface area contributed by atoms with Crippen LogP contribution < -0.4 is 5.73 Å². The van der Waals surface area contributed by atoms with Crippen LogP contribution in [0.1, 0.15) is 24.0 Å². The highest BCUT2D eigenvalue weighted by Gasteiger charge is 2.22. The number of urea groups is 1. The molecule has 0 aromatic heterocycles. The van der Waals surface area contributed by atoms with E-state index in [0.29, 0.717) is 19.5 Å². The largest absolute Gasteiger partial charge is 0.351 e. The van der Waals surface area contributed by atoms with Gasteiger partial charge in [-0.25, -0.2) is 4.79 Å². The molecule has 130 valence electrons. The lowest BCUT2D eigenvalue weighted by Gasteiger charge is -2.30. The lowest BCUT2D eigenvalue weighted by Crippen LogP contribution is -2.40. The molecule has 1 saturated heterocycles. The molecule has 6 nitrogen and oxygen atoms in total. The Hall–Kier alpha value is -2.08. The standard InChI is InChI=1S/C18H26N4O2/c19-18(24)21-9-3-8-20(12-13-21)10-7-17(23)22-11-6-15-4-1-2-5-16(15)14-22/h1-2,4-5H,3,6-14H2,(H2,19,24). The highest BCUT2D eigenvalue weighted by molar-refractivity contribution is 5.76. The summed E-state index contributed by atoms with van der Waals surface area (Å²) in [5.41, 5.74) is 7.98. The molecule has 0 spiro atoms. The van der Waals surface area contributed by atoms with Crippen molar-refractivity contribution < 1.29 is 9.59 Å². The second-order valence-corrected chi connectivity index (χ2v) is 6.60. The van der Waals surface area contributed by atoms with Crippen LogP contribution in [0.4, 0.5) is 4.79 Å². The van der Waals surface area contributed by atoms with Crippen molar-refractivity contribution in [3.05, 3.63) is 35.4 Å². The first-order chi connectivity index (χ1) is 11.6. The molecular weight excluding hydrogens is 304 g/mol. The first kappa shape index (κ1) is 16.8. The topological polar surface area (TPSA) is 69.9 Å². The predicted octanol–water partition coefficient (Wildman–Crippen LogP) is 1.05. The van der Waals surface area contributed by atoms with Crippen LogP contribution >= 0.6 is 0 Å². The molecule has 0 unspecified atom stereocenters. The average Bonchev–Trinajstić information content (AvgIpc) is 2.85. The van der Waals surface area contributed by atoms with E-state index >= 15 is 0 Å². The smallest absolute Gasteiger partial charge is 0.314 e. The minimum Gasteiger partial charge on any atom is -0.351 e. The Morgan fingerprint density at radius 3 is 2.54 bits per heavy atom. The van der Waals surface area contributed by atoms with Crippen LogP contribution in [0.5, 0.6) is 0 Å². The SMILES string of the molecule is NC(=O)N1CCCN(CCC(=O)N2CCc3ccccc3C2)CC1. The van der Waals surface area contributed by atoms with Gasteiger partial charge in [-0.2, -0.15) is 0 Å². The van der Waals surface area contributed by atoms with Gasteiger partial charge in [0.15, 0.2) is 0 Å². The van der Waals surface area contributed by atoms with Crippen molar-refractivity contribution in [2.45, 2.75) is 25.8 Å². The summed E-state index contributed by atoms with van der Waals surface area (Å²) in [6.07, 6.45) is 2.39. The number of hydrogen-bond acceptors (Lipinski definition) is 3. The number of nitrogens with zero attached hydrogens (tertiary/aromatic N) is 3. The molecule has 0 bridgehead atoms. The van der Waals surface area contributed by atoms with Crippen LogP contribution in [0.25, 0.3) is 0 Å². The molecule has 0 radical (unpaired) electrons. The molecule has 0 saturated carbocycles. The monoisotopic (exact) mass is 330 g/mol. The molecule has 2 heterocycles. The number of fused-ring (bicyclic) bond motifs is 1. The maximum atomic E-state index is 12.5. The Labute approximate surface area is 143 Å². The predicted molar refractivity (Wildman–Crippen MR) is 92.4 cm³/mol. The molecule has 0 aliphatic carbocycles. The number of primary amides is 1. The Bertz CT molecular complexity index is 604. The number of nitrogens with two attached hydrogens (primary N) is 1. The van der Waals surface area contributed by atoms with Gasteiger partial charge in [0.05, 0.1) is 0 Å². The average molecular weight is 330 g/mol. The molecule has 3 rings (SSSR count). The van der Waals surface area contributed by atoms with Crippen LogP contribution in [-0.4, -0.2) is 65.9 Å². The van der Waals surface area contributed by atoms with E-state index in [9.17, 15) is 9.59 Å². The summed E-state index contributed by atoms with van der Waals surface area (Å²) in [5.74, 6) is 0.223. The Kier molecular flexibility index (Phi) is 5.35. The van der Waals surface area contributed by atoms with E-state index in [0.717, 1.165) is 45.6 Å². The first-order valence-electron chi connectivity index (χ1n) is 8.75. The van der Waals surface area contributed by atoms with Gasteiger partial charge in [0.1, 0.15) is 0 Å². The van der Waals surface area contributed by atoms with E-state index in [-0.39, 0.29) is 11.9 Å². The van der Waals surface area contributed by atoms with Crippen molar-refractivity contribution in [2.75, 3.05) is 39.3 Å². The van der Waals surface area contributed by atoms with E-state index in [2.05, 4.69) is 23.1 Å². The molecule has 1 aromatic carbocycles. The zero-order valence-electron chi connectivity index (χ0n) is 14.1. The Morgan fingerprint density at radius 2 is 1.75 bits per heavy atom. The van der Waals surface area contributed by atoms with Crippen LogP contribution in [0.15, 0.2) is 24.3 Å². The quantitative estimate of drug-likeness (QED) is 0.900. The molecule has 2 N–H and O–H groups in total. The third-order valence-corrected chi connectivity index (χ3v) is 5.03. The number of carbonyl (C=O) groups is 2. The summed E-state index contributed by atoms with van der Waals surface area (Å²) in [6, 6.07) is 8.01. The van der Waals surface area contributed by atoms with Gasteiger partial charge in [-0.15, -0.1) is 0 Å². The number of amides is 3. The van der Waals surface area contributed by atoms with Gasteiger partial charge in [0.25, 0.3) is 0 Å². The zero-order chi connectivity index (χ0) is 16.9. The van der Waals surface area contributed by atoms with Crippen LogP contribution in [0, 0.1) is 0 Å². The molecular formula is C18H26N4O2. The lowest BCUT2D eigenvalue weighted by molar-refractivity contribution is -0.132. The van der Waals surface area contributed by atoms with Gasteiger partial charge >= 0.3 is 6.03 Å². The van der Waals surface area contributed by atoms with Gasteiger partial charge in [-0.1, -0.05) is 24.3 Å². The normalized spacial score (nSPS) is 18.8. The van der Waals surface area contributed by atoms with Gasteiger partial charge in [-0.05, 0) is 30.5 Å². The van der Waals surface area contributed by atoms with Crippen LogP contribution in [-0.2, 0) is 17.8 Å². The van der Waals surface area contributed by atoms with E-state index in [1.807, 2.05) is 11.0 Å². The third kappa shape index (κ3) is 4.06. The van der Waals surface area contributed by atoms with E-state index in [4.69, 9.17) is 5.73 Å². The van der Waals surface area contributed by atoms with E-state index in [1.54, 1.807) is 4.90 Å². The fraction of sp³-hybridized carbons (Fsp3) is 0.556. The summed E-state index contributed by atoms with van der Waals surface area (Å²) in [7, 11) is 0. The van der Waals surface area contributed by atoms with Crippen molar-refractivity contribution >= 4 is 11.9 Å². The zero-order valence-corrected chi connectivity index (χ0v) is 14.1. The molecule has 2 aliphatic rings. The molecule has 0 atom stereocenters. The molecule has 24 heavy (non-hydrogen) atoms. The second-order valence-electron chi connectivity index (χ2n) is 6.60. The first-order valence-corrected chi connectivity index (χ1v) is 8.75. The molecule has 1 aromatic rings. The molecule has 3 amide bonds. The maximum absolute atomic E-state index is 12.5. The van der Waals surface area contributed by atoms with Crippen LogP contribution in [0.2, 0.25) is 0 Å². The minimum absolute atomic E-state index is 0.223. The van der Waals surface area contributed by atoms with Gasteiger partial charge in [0, 0.05) is 45.7 Å². The molecule has 2 aliphatic heterocycles. The van der Waals surface area contributed by atoms with E-state index in [1.165, 1.54) is 11.1 Å². The lowest BCUT2D eigenvalue weighted by atomic mass is 10.00. The fourth-order valence-corrected chi connectivity index (χ4v) is 3.54. The molecule has 1 fully saturated rings. The Balaban J connectivity index is 1.47. The summed E-state index contributed by atoms with van der Waals surface area (Å²) < 4.78 is 0. The van der Waals surface area contributed by atoms with E-state index < -0.39 is 0 Å². The minimum atomic E-state index is -0.347. The van der Waals surface area contributed by atoms with Crippen molar-refractivity contribution in [2.24, 2.45) is 5.73 Å². The maximum Gasteiger partial charge on any atom is 0.314 e. The van der Waals surface area contributed by atoms with Crippen molar-refractivity contribution in [1.82, 2.24) is 14.7 Å². The number of benzene rings is 1. The van der Waals surface area contributed by atoms with Gasteiger partial charge in [0.2, 0.25) is 5.91 Å². The summed E-state index contributed by atoms with van der Waals surface area (Å²) in [6.45, 7) is 5.36. The summed E-state index contributed by atoms with van der Waals surface area (Å²) in [5, 5.41) is 0. The van der Waals surface area contributed by atoms with Gasteiger partial charge in [-0.3, -0.25) is 4.79 Å².